The summed E-state index contributed by atoms with van der Waals surface area (Å²) in [6.07, 6.45) is 1.60. The Hall–Kier alpha value is -4.05. The van der Waals surface area contributed by atoms with Gasteiger partial charge in [0.15, 0.2) is 11.5 Å². The molecule has 2 amide bonds. The summed E-state index contributed by atoms with van der Waals surface area (Å²) in [6.45, 7) is 7.31. The van der Waals surface area contributed by atoms with Crippen LogP contribution in [-0.4, -0.2) is 64.5 Å². The van der Waals surface area contributed by atoms with Gasteiger partial charge in [0.1, 0.15) is 12.6 Å². The van der Waals surface area contributed by atoms with Crippen molar-refractivity contribution in [1.29, 1.82) is 0 Å². The number of hydrogen-bond acceptors (Lipinski definition) is 6. The SMILES string of the molecule is CCC(C)NC(=O)C(CC)N(CCc1ccccc1)C(=O)CN(c1ccc(OC)c(OC)c1)S(=O)(=O)c1ccc(C)cc1. The molecule has 0 aliphatic carbocycles. The lowest BCUT2D eigenvalue weighted by Gasteiger charge is -2.33. The molecule has 3 rings (SSSR count). The fourth-order valence-corrected chi connectivity index (χ4v) is 6.09. The maximum Gasteiger partial charge on any atom is 0.264 e. The van der Waals surface area contributed by atoms with Crippen LogP contribution in [0.5, 0.6) is 11.5 Å². The molecule has 0 aliphatic heterocycles. The number of rotatable bonds is 15. The Bertz CT molecular complexity index is 1460. The van der Waals surface area contributed by atoms with Crippen molar-refractivity contribution < 1.29 is 27.5 Å². The molecular weight excluding hydrogens is 566 g/mol. The molecule has 232 valence electrons. The van der Waals surface area contributed by atoms with Crippen LogP contribution in [0.2, 0.25) is 0 Å². The van der Waals surface area contributed by atoms with E-state index in [1.165, 1.54) is 37.3 Å². The highest BCUT2D eigenvalue weighted by Crippen LogP contribution is 2.34. The van der Waals surface area contributed by atoms with Gasteiger partial charge in [-0.3, -0.25) is 13.9 Å². The number of anilines is 1. The van der Waals surface area contributed by atoms with Gasteiger partial charge in [-0.05, 0) is 62.9 Å². The van der Waals surface area contributed by atoms with Gasteiger partial charge in [-0.1, -0.05) is 61.9 Å². The van der Waals surface area contributed by atoms with Crippen LogP contribution in [0.1, 0.15) is 44.7 Å². The van der Waals surface area contributed by atoms with Crippen LogP contribution in [0.25, 0.3) is 0 Å². The molecule has 0 aromatic heterocycles. The number of nitrogens with zero attached hydrogens (tertiary/aromatic N) is 2. The number of carbonyl (C=O) groups is 2. The molecule has 0 aliphatic rings. The quantitative estimate of drug-likeness (QED) is 0.261. The molecule has 0 spiro atoms. The zero-order valence-corrected chi connectivity index (χ0v) is 26.7. The molecule has 0 heterocycles. The summed E-state index contributed by atoms with van der Waals surface area (Å²) in [4.78, 5) is 29.1. The van der Waals surface area contributed by atoms with Crippen LogP contribution in [0.4, 0.5) is 5.69 Å². The molecule has 0 saturated carbocycles. The Labute approximate surface area is 255 Å². The normalized spacial score (nSPS) is 12.6. The van der Waals surface area contributed by atoms with E-state index in [0.717, 1.165) is 21.9 Å². The molecule has 2 unspecified atom stereocenters. The molecule has 0 radical (unpaired) electrons. The first kappa shape index (κ1) is 33.5. The fourth-order valence-electron chi connectivity index (χ4n) is 4.68. The van der Waals surface area contributed by atoms with Crippen LogP contribution < -0.4 is 19.1 Å². The summed E-state index contributed by atoms with van der Waals surface area (Å²) in [5.41, 5.74) is 2.13. The summed E-state index contributed by atoms with van der Waals surface area (Å²) in [5, 5.41) is 2.99. The number of ether oxygens (including phenoxy) is 2. The molecule has 10 heteroatoms. The van der Waals surface area contributed by atoms with Gasteiger partial charge in [0, 0.05) is 18.7 Å². The van der Waals surface area contributed by atoms with Gasteiger partial charge in [-0.2, -0.15) is 0 Å². The molecule has 0 bridgehead atoms. The van der Waals surface area contributed by atoms with E-state index < -0.39 is 28.5 Å². The summed E-state index contributed by atoms with van der Waals surface area (Å²) < 4.78 is 40.0. The standard InChI is InChI=1S/C33H43N3O6S/c1-7-25(4)34-33(38)29(8-2)35(21-20-26-12-10-9-11-13-26)32(37)23-36(27-16-19-30(41-5)31(22-27)42-6)43(39,40)28-17-14-24(3)15-18-28/h9-19,22,25,29H,7-8,20-21,23H2,1-6H3,(H,34,38). The number of amides is 2. The zero-order chi connectivity index (χ0) is 31.6. The van der Waals surface area contributed by atoms with Gasteiger partial charge in [0.25, 0.3) is 10.0 Å². The summed E-state index contributed by atoms with van der Waals surface area (Å²) in [7, 11) is -1.25. The predicted octanol–water partition coefficient (Wildman–Crippen LogP) is 4.97. The van der Waals surface area contributed by atoms with Crippen molar-refractivity contribution in [2.75, 3.05) is 31.6 Å². The second kappa shape index (κ2) is 15.4. The molecule has 0 saturated heterocycles. The highest BCUT2D eigenvalue weighted by molar-refractivity contribution is 7.92. The minimum absolute atomic E-state index is 0.0399. The Kier molecular flexibility index (Phi) is 12.0. The van der Waals surface area contributed by atoms with Crippen LogP contribution in [-0.2, 0) is 26.0 Å². The maximum absolute atomic E-state index is 14.2. The first-order chi connectivity index (χ1) is 20.5. The Balaban J connectivity index is 2.07. The number of hydrogen-bond donors (Lipinski definition) is 1. The third kappa shape index (κ3) is 8.50. The molecule has 2 atom stereocenters. The predicted molar refractivity (Wildman–Crippen MR) is 169 cm³/mol. The lowest BCUT2D eigenvalue weighted by Crippen LogP contribution is -2.54. The Morgan fingerprint density at radius 2 is 1.53 bits per heavy atom. The van der Waals surface area contributed by atoms with Crippen molar-refractivity contribution in [3.8, 4) is 11.5 Å². The first-order valence-corrected chi connectivity index (χ1v) is 15.9. The van der Waals surface area contributed by atoms with Gasteiger partial charge in [0.2, 0.25) is 11.8 Å². The van der Waals surface area contributed by atoms with Gasteiger partial charge in [-0.15, -0.1) is 0 Å². The van der Waals surface area contributed by atoms with Crippen LogP contribution >= 0.6 is 0 Å². The van der Waals surface area contributed by atoms with E-state index in [9.17, 15) is 18.0 Å². The third-order valence-electron chi connectivity index (χ3n) is 7.41. The smallest absolute Gasteiger partial charge is 0.264 e. The molecule has 9 nitrogen and oxygen atoms in total. The van der Waals surface area contributed by atoms with Crippen molar-refractivity contribution in [2.45, 2.75) is 63.9 Å². The molecule has 3 aromatic carbocycles. The van der Waals surface area contributed by atoms with E-state index in [4.69, 9.17) is 9.47 Å². The van der Waals surface area contributed by atoms with Crippen molar-refractivity contribution >= 4 is 27.5 Å². The van der Waals surface area contributed by atoms with Crippen LogP contribution in [0.15, 0.2) is 77.7 Å². The number of carbonyl (C=O) groups excluding carboxylic acids is 2. The Morgan fingerprint density at radius 3 is 2.12 bits per heavy atom. The van der Waals surface area contributed by atoms with Crippen molar-refractivity contribution in [3.63, 3.8) is 0 Å². The number of methoxy groups -OCH3 is 2. The molecule has 3 aromatic rings. The number of aryl methyl sites for hydroxylation is 1. The summed E-state index contributed by atoms with van der Waals surface area (Å²) in [6, 6.07) is 20.0. The number of nitrogens with one attached hydrogen (secondary N) is 1. The molecule has 0 fully saturated rings. The molecule has 43 heavy (non-hydrogen) atoms. The zero-order valence-electron chi connectivity index (χ0n) is 25.9. The van der Waals surface area contributed by atoms with Gasteiger partial charge >= 0.3 is 0 Å². The van der Waals surface area contributed by atoms with E-state index in [2.05, 4.69) is 5.32 Å². The van der Waals surface area contributed by atoms with Crippen molar-refractivity contribution in [2.24, 2.45) is 0 Å². The summed E-state index contributed by atoms with van der Waals surface area (Å²) >= 11 is 0. The second-order valence-electron chi connectivity index (χ2n) is 10.4. The van der Waals surface area contributed by atoms with Crippen molar-refractivity contribution in [3.05, 3.63) is 83.9 Å². The maximum atomic E-state index is 14.2. The molecular formula is C33H43N3O6S. The minimum atomic E-state index is -4.20. The third-order valence-corrected chi connectivity index (χ3v) is 9.20. The van der Waals surface area contributed by atoms with Gasteiger partial charge in [0.05, 0.1) is 24.8 Å². The van der Waals surface area contributed by atoms with Gasteiger partial charge < -0.3 is 19.7 Å². The molecule has 1 N–H and O–H groups in total. The lowest BCUT2D eigenvalue weighted by atomic mass is 10.1. The largest absolute Gasteiger partial charge is 0.493 e. The highest BCUT2D eigenvalue weighted by Gasteiger charge is 2.34. The van der Waals surface area contributed by atoms with Gasteiger partial charge in [-0.25, -0.2) is 8.42 Å². The van der Waals surface area contributed by atoms with E-state index in [1.807, 2.05) is 58.0 Å². The fraction of sp³-hybridized carbons (Fsp3) is 0.394. The van der Waals surface area contributed by atoms with E-state index in [-0.39, 0.29) is 29.1 Å². The van der Waals surface area contributed by atoms with E-state index in [0.29, 0.717) is 24.3 Å². The highest BCUT2D eigenvalue weighted by atomic mass is 32.2. The first-order valence-electron chi connectivity index (χ1n) is 14.5. The van der Waals surface area contributed by atoms with Crippen LogP contribution in [0.3, 0.4) is 0 Å². The van der Waals surface area contributed by atoms with Crippen LogP contribution in [0, 0.1) is 6.92 Å². The number of sulfonamides is 1. The second-order valence-corrected chi connectivity index (χ2v) is 12.3. The summed E-state index contributed by atoms with van der Waals surface area (Å²) in [5.74, 6) is -0.0239. The van der Waals surface area contributed by atoms with E-state index >= 15 is 0 Å². The Morgan fingerprint density at radius 1 is 0.884 bits per heavy atom. The average Bonchev–Trinajstić information content (AvgIpc) is 3.01. The minimum Gasteiger partial charge on any atom is -0.493 e. The lowest BCUT2D eigenvalue weighted by molar-refractivity contribution is -0.139. The number of benzene rings is 3. The van der Waals surface area contributed by atoms with E-state index in [1.54, 1.807) is 24.3 Å². The topological polar surface area (TPSA) is 105 Å². The van der Waals surface area contributed by atoms with Crippen molar-refractivity contribution in [1.82, 2.24) is 10.2 Å². The monoisotopic (exact) mass is 609 g/mol. The average molecular weight is 610 g/mol.